The normalized spacial score (nSPS) is 10.8. The molecule has 2 aromatic heterocycles. The first-order chi connectivity index (χ1) is 16.5. The molecule has 35 heavy (non-hydrogen) atoms. The molecule has 0 aliphatic rings. The lowest BCUT2D eigenvalue weighted by atomic mass is 10.1. The molecule has 0 aliphatic carbocycles. The Morgan fingerprint density at radius 1 is 1.20 bits per heavy atom. The third kappa shape index (κ3) is 5.84. The van der Waals surface area contributed by atoms with Crippen molar-refractivity contribution in [3.63, 3.8) is 0 Å². The van der Waals surface area contributed by atoms with Crippen LogP contribution in [0.5, 0.6) is 5.75 Å². The quantitative estimate of drug-likeness (QED) is 0.248. The fourth-order valence-corrected chi connectivity index (χ4v) is 4.22. The third-order valence-electron chi connectivity index (χ3n) is 4.78. The van der Waals surface area contributed by atoms with Crippen molar-refractivity contribution in [3.8, 4) is 5.75 Å². The fraction of sp³-hybridized carbons (Fsp3) is 0.261. The third-order valence-corrected chi connectivity index (χ3v) is 6.00. The van der Waals surface area contributed by atoms with Crippen LogP contribution in [-0.2, 0) is 11.3 Å². The van der Waals surface area contributed by atoms with Crippen LogP contribution < -0.4 is 15.8 Å². The summed E-state index contributed by atoms with van der Waals surface area (Å²) < 4.78 is 16.4. The Labute approximate surface area is 204 Å². The highest BCUT2D eigenvalue weighted by molar-refractivity contribution is 7.18. The van der Waals surface area contributed by atoms with Crippen molar-refractivity contribution in [2.75, 3.05) is 5.32 Å². The van der Waals surface area contributed by atoms with Gasteiger partial charge >= 0.3 is 5.97 Å². The number of nitro benzene ring substituents is 1. The van der Waals surface area contributed by atoms with Gasteiger partial charge < -0.3 is 24.9 Å². The number of furan rings is 1. The van der Waals surface area contributed by atoms with Crippen LogP contribution in [0.15, 0.2) is 34.7 Å². The zero-order valence-corrected chi connectivity index (χ0v) is 20.2. The van der Waals surface area contributed by atoms with E-state index in [1.54, 1.807) is 27.7 Å². The van der Waals surface area contributed by atoms with E-state index in [4.69, 9.17) is 19.6 Å². The molecule has 2 amide bonds. The van der Waals surface area contributed by atoms with E-state index < -0.39 is 28.8 Å². The molecule has 11 nitrogen and oxygen atoms in total. The molecular weight excluding hydrogens is 478 g/mol. The molecule has 0 atom stereocenters. The summed E-state index contributed by atoms with van der Waals surface area (Å²) in [5.41, 5.74) is 6.19. The summed E-state index contributed by atoms with van der Waals surface area (Å²) in [4.78, 5) is 47.7. The number of nitrogens with zero attached hydrogens (tertiary/aromatic N) is 1. The first-order valence-corrected chi connectivity index (χ1v) is 11.2. The number of nitro groups is 1. The fourth-order valence-electron chi connectivity index (χ4n) is 3.17. The number of amides is 2. The Morgan fingerprint density at radius 3 is 2.51 bits per heavy atom. The monoisotopic (exact) mass is 501 g/mol. The highest BCUT2D eigenvalue weighted by Crippen LogP contribution is 2.34. The number of carbonyl (C=O) groups is 3. The number of thiophene rings is 1. The number of primary amides is 1. The molecule has 2 heterocycles. The van der Waals surface area contributed by atoms with Crippen molar-refractivity contribution in [2.24, 2.45) is 5.73 Å². The van der Waals surface area contributed by atoms with Gasteiger partial charge in [0.05, 0.1) is 21.5 Å². The van der Waals surface area contributed by atoms with E-state index in [0.29, 0.717) is 22.6 Å². The van der Waals surface area contributed by atoms with Gasteiger partial charge in [-0.1, -0.05) is 0 Å². The van der Waals surface area contributed by atoms with Gasteiger partial charge in [0.15, 0.2) is 5.76 Å². The molecule has 0 fully saturated rings. The molecule has 0 bridgehead atoms. The van der Waals surface area contributed by atoms with Crippen LogP contribution >= 0.6 is 11.3 Å². The minimum atomic E-state index is -0.731. The molecule has 0 saturated heterocycles. The number of benzene rings is 1. The van der Waals surface area contributed by atoms with Crippen molar-refractivity contribution < 1.29 is 33.2 Å². The summed E-state index contributed by atoms with van der Waals surface area (Å²) >= 11 is 0.870. The molecule has 0 saturated carbocycles. The maximum atomic E-state index is 12.8. The summed E-state index contributed by atoms with van der Waals surface area (Å²) in [6.07, 6.45) is -0.408. The molecule has 0 unspecified atom stereocenters. The lowest BCUT2D eigenvalue weighted by Crippen LogP contribution is -2.17. The predicted octanol–water partition coefficient (Wildman–Crippen LogP) is 4.36. The lowest BCUT2D eigenvalue weighted by molar-refractivity contribution is -0.385. The Kier molecular flexibility index (Phi) is 7.55. The number of anilines is 1. The number of ether oxygens (including phenoxy) is 2. The minimum absolute atomic E-state index is 0.0192. The Bertz CT molecular complexity index is 1310. The van der Waals surface area contributed by atoms with Crippen molar-refractivity contribution in [1.29, 1.82) is 0 Å². The smallest absolute Gasteiger partial charge is 0.341 e. The second-order valence-electron chi connectivity index (χ2n) is 7.79. The largest absolute Gasteiger partial charge is 0.486 e. The Balaban J connectivity index is 1.74. The topological polar surface area (TPSA) is 164 Å². The van der Waals surface area contributed by atoms with Crippen LogP contribution in [0.25, 0.3) is 0 Å². The minimum Gasteiger partial charge on any atom is -0.486 e. The van der Waals surface area contributed by atoms with Crippen LogP contribution in [0, 0.1) is 24.0 Å². The van der Waals surface area contributed by atoms with Gasteiger partial charge in [0.1, 0.15) is 23.1 Å². The summed E-state index contributed by atoms with van der Waals surface area (Å²) in [7, 11) is 0. The van der Waals surface area contributed by atoms with E-state index >= 15 is 0 Å². The average molecular weight is 502 g/mol. The van der Waals surface area contributed by atoms with E-state index in [1.807, 2.05) is 0 Å². The average Bonchev–Trinajstić information content (AvgIpc) is 3.36. The van der Waals surface area contributed by atoms with Crippen molar-refractivity contribution in [3.05, 3.63) is 73.5 Å². The highest BCUT2D eigenvalue weighted by Gasteiger charge is 2.27. The number of hydrogen-bond acceptors (Lipinski definition) is 9. The van der Waals surface area contributed by atoms with Gasteiger partial charge in [-0.2, -0.15) is 0 Å². The van der Waals surface area contributed by atoms with Crippen LogP contribution in [0.1, 0.15) is 61.3 Å². The zero-order valence-electron chi connectivity index (χ0n) is 19.4. The molecule has 1 aromatic carbocycles. The zero-order chi connectivity index (χ0) is 25.9. The molecule has 0 radical (unpaired) electrons. The van der Waals surface area contributed by atoms with E-state index in [0.717, 1.165) is 11.3 Å². The number of esters is 1. The van der Waals surface area contributed by atoms with Gasteiger partial charge in [-0.25, -0.2) is 4.79 Å². The first-order valence-electron chi connectivity index (χ1n) is 10.4. The molecule has 184 valence electrons. The molecule has 3 N–H and O–H groups in total. The second-order valence-corrected chi connectivity index (χ2v) is 8.81. The van der Waals surface area contributed by atoms with Crippen molar-refractivity contribution in [1.82, 2.24) is 0 Å². The number of hydrogen-bond donors (Lipinski definition) is 2. The number of nitrogens with one attached hydrogen (secondary N) is 1. The van der Waals surface area contributed by atoms with E-state index in [-0.39, 0.29) is 33.5 Å². The highest BCUT2D eigenvalue weighted by atomic mass is 32.1. The SMILES string of the molecule is Cc1cc(OCc2ccc(C(=O)Nc3sc(C(N)=O)c(C)c3C(=O)OC(C)C)o2)ccc1[N+](=O)[O-]. The number of nitrogens with two attached hydrogens (primary N) is 1. The molecule has 3 rings (SSSR count). The van der Waals surface area contributed by atoms with Gasteiger partial charge in [-0.15, -0.1) is 11.3 Å². The van der Waals surface area contributed by atoms with E-state index in [9.17, 15) is 24.5 Å². The van der Waals surface area contributed by atoms with Gasteiger partial charge in [-0.3, -0.25) is 19.7 Å². The Hall–Kier alpha value is -4.19. The molecule has 3 aromatic rings. The molecule has 12 heteroatoms. The molecule has 0 spiro atoms. The van der Waals surface area contributed by atoms with Crippen molar-refractivity contribution in [2.45, 2.75) is 40.4 Å². The van der Waals surface area contributed by atoms with Crippen LogP contribution in [0.4, 0.5) is 10.7 Å². The molecular formula is C23H23N3O8S. The maximum absolute atomic E-state index is 12.8. The van der Waals surface area contributed by atoms with Gasteiger partial charge in [0.25, 0.3) is 17.5 Å². The summed E-state index contributed by atoms with van der Waals surface area (Å²) in [5, 5.41) is 13.6. The maximum Gasteiger partial charge on any atom is 0.341 e. The Morgan fingerprint density at radius 2 is 1.91 bits per heavy atom. The summed E-state index contributed by atoms with van der Waals surface area (Å²) in [6, 6.07) is 7.31. The summed E-state index contributed by atoms with van der Waals surface area (Å²) in [6.45, 7) is 6.47. The van der Waals surface area contributed by atoms with Crippen LogP contribution in [0.3, 0.4) is 0 Å². The molecule has 0 aliphatic heterocycles. The van der Waals surface area contributed by atoms with Gasteiger partial charge in [0, 0.05) is 11.6 Å². The van der Waals surface area contributed by atoms with Crippen molar-refractivity contribution >= 4 is 39.8 Å². The number of carbonyl (C=O) groups excluding carboxylic acids is 3. The standard InChI is InChI=1S/C23H23N3O8S/c1-11(2)33-23(29)18-13(4)19(20(24)27)35-22(18)25-21(28)17-8-6-15(34-17)10-32-14-5-7-16(26(30)31)12(3)9-14/h5-9,11H,10H2,1-4H3,(H2,24,27)(H,25,28). The van der Waals surface area contributed by atoms with E-state index in [2.05, 4.69) is 5.32 Å². The van der Waals surface area contributed by atoms with E-state index in [1.165, 1.54) is 30.3 Å². The second kappa shape index (κ2) is 10.4. The van der Waals surface area contributed by atoms with Crippen LogP contribution in [0.2, 0.25) is 0 Å². The lowest BCUT2D eigenvalue weighted by Gasteiger charge is -2.10. The number of rotatable bonds is 9. The van der Waals surface area contributed by atoms with Gasteiger partial charge in [0.2, 0.25) is 0 Å². The first kappa shape index (κ1) is 25.4. The van der Waals surface area contributed by atoms with Gasteiger partial charge in [-0.05, 0) is 57.5 Å². The number of aryl methyl sites for hydroxylation is 1. The predicted molar refractivity (Wildman–Crippen MR) is 127 cm³/mol. The summed E-state index contributed by atoms with van der Waals surface area (Å²) in [5.74, 6) is -1.41. The van der Waals surface area contributed by atoms with Crippen LogP contribution in [-0.4, -0.2) is 28.8 Å².